The van der Waals surface area contributed by atoms with E-state index in [9.17, 15) is 0 Å². The van der Waals surface area contributed by atoms with Gasteiger partial charge in [0.05, 0.1) is 14.2 Å². The van der Waals surface area contributed by atoms with E-state index in [1.807, 2.05) is 31.2 Å². The molecule has 88 valence electrons. The highest BCUT2D eigenvalue weighted by atomic mass is 16.5. The summed E-state index contributed by atoms with van der Waals surface area (Å²) in [6, 6.07) is 5.94. The van der Waals surface area contributed by atoms with Crippen LogP contribution in [-0.2, 0) is 6.54 Å². The van der Waals surface area contributed by atoms with Gasteiger partial charge in [-0.3, -0.25) is 0 Å². The summed E-state index contributed by atoms with van der Waals surface area (Å²) in [6.07, 6.45) is 4.11. The fourth-order valence-corrected chi connectivity index (χ4v) is 1.41. The molecule has 0 aliphatic heterocycles. The van der Waals surface area contributed by atoms with Crippen molar-refractivity contribution in [2.24, 2.45) is 0 Å². The first-order chi connectivity index (χ1) is 7.81. The molecule has 0 radical (unpaired) electrons. The van der Waals surface area contributed by atoms with Gasteiger partial charge in [-0.25, -0.2) is 0 Å². The van der Waals surface area contributed by atoms with E-state index in [0.717, 1.165) is 24.6 Å². The van der Waals surface area contributed by atoms with Crippen LogP contribution in [0.4, 0.5) is 0 Å². The highest BCUT2D eigenvalue weighted by Crippen LogP contribution is 2.27. The minimum Gasteiger partial charge on any atom is -0.493 e. The zero-order chi connectivity index (χ0) is 11.8. The third-order valence-electron chi connectivity index (χ3n) is 2.27. The maximum absolute atomic E-state index is 5.24. The number of hydrogen-bond acceptors (Lipinski definition) is 3. The van der Waals surface area contributed by atoms with E-state index in [-0.39, 0.29) is 0 Å². The second-order valence-electron chi connectivity index (χ2n) is 3.39. The number of hydrogen-bond donors (Lipinski definition) is 1. The normalized spacial score (nSPS) is 10.7. The van der Waals surface area contributed by atoms with Crippen molar-refractivity contribution in [2.75, 3.05) is 20.8 Å². The van der Waals surface area contributed by atoms with Crippen LogP contribution in [0.1, 0.15) is 12.5 Å². The molecule has 3 nitrogen and oxygen atoms in total. The van der Waals surface area contributed by atoms with Crippen molar-refractivity contribution in [3.63, 3.8) is 0 Å². The average Bonchev–Trinajstić information content (AvgIpc) is 2.34. The highest BCUT2D eigenvalue weighted by Gasteiger charge is 2.03. The van der Waals surface area contributed by atoms with E-state index in [2.05, 4.69) is 11.4 Å². The molecule has 0 saturated carbocycles. The van der Waals surface area contributed by atoms with Crippen molar-refractivity contribution in [3.8, 4) is 11.5 Å². The van der Waals surface area contributed by atoms with Crippen LogP contribution >= 0.6 is 0 Å². The number of nitrogens with one attached hydrogen (secondary N) is 1. The summed E-state index contributed by atoms with van der Waals surface area (Å²) in [7, 11) is 3.29. The maximum Gasteiger partial charge on any atom is 0.161 e. The Bertz CT molecular complexity index is 348. The molecule has 1 rings (SSSR count). The first kappa shape index (κ1) is 12.6. The van der Waals surface area contributed by atoms with Crippen LogP contribution in [0.5, 0.6) is 11.5 Å². The van der Waals surface area contributed by atoms with Gasteiger partial charge in [0.2, 0.25) is 0 Å². The molecule has 3 heteroatoms. The summed E-state index contributed by atoms with van der Waals surface area (Å²) in [5.74, 6) is 1.53. The fraction of sp³-hybridized carbons (Fsp3) is 0.385. The molecule has 0 fully saturated rings. The quantitative estimate of drug-likeness (QED) is 0.591. The maximum atomic E-state index is 5.24. The third-order valence-corrected chi connectivity index (χ3v) is 2.27. The second-order valence-corrected chi connectivity index (χ2v) is 3.39. The standard InChI is InChI=1S/C13H19NO2/c1-4-5-8-14-10-11-6-7-12(15-2)13(9-11)16-3/h4-7,9,14H,8,10H2,1-3H3/b5-4+. The molecule has 0 unspecified atom stereocenters. The Balaban J connectivity index is 2.60. The number of allylic oxidation sites excluding steroid dienone is 1. The van der Waals surface area contributed by atoms with E-state index in [1.54, 1.807) is 14.2 Å². The van der Waals surface area contributed by atoms with E-state index in [1.165, 1.54) is 5.56 Å². The molecule has 0 spiro atoms. The molecule has 0 aliphatic carbocycles. The molecular weight excluding hydrogens is 202 g/mol. The largest absolute Gasteiger partial charge is 0.493 e. The van der Waals surface area contributed by atoms with Gasteiger partial charge in [-0.1, -0.05) is 18.2 Å². The number of benzene rings is 1. The van der Waals surface area contributed by atoms with Crippen molar-refractivity contribution >= 4 is 0 Å². The van der Waals surface area contributed by atoms with Crippen LogP contribution in [0.15, 0.2) is 30.4 Å². The van der Waals surface area contributed by atoms with Crippen molar-refractivity contribution in [1.82, 2.24) is 5.32 Å². The minimum absolute atomic E-state index is 0.764. The van der Waals surface area contributed by atoms with Gasteiger partial charge in [0.25, 0.3) is 0 Å². The van der Waals surface area contributed by atoms with Gasteiger partial charge in [-0.15, -0.1) is 0 Å². The summed E-state index contributed by atoms with van der Waals surface area (Å²) in [5, 5.41) is 3.31. The summed E-state index contributed by atoms with van der Waals surface area (Å²) in [4.78, 5) is 0. The molecule has 16 heavy (non-hydrogen) atoms. The van der Waals surface area contributed by atoms with Gasteiger partial charge in [0.1, 0.15) is 0 Å². The lowest BCUT2D eigenvalue weighted by molar-refractivity contribution is 0.354. The lowest BCUT2D eigenvalue weighted by Gasteiger charge is -2.09. The summed E-state index contributed by atoms with van der Waals surface area (Å²) >= 11 is 0. The first-order valence-corrected chi connectivity index (χ1v) is 5.34. The first-order valence-electron chi connectivity index (χ1n) is 5.34. The predicted octanol–water partition coefficient (Wildman–Crippen LogP) is 2.37. The van der Waals surface area contributed by atoms with E-state index in [4.69, 9.17) is 9.47 Å². The molecule has 1 aromatic rings. The highest BCUT2D eigenvalue weighted by molar-refractivity contribution is 5.42. The Morgan fingerprint density at radius 3 is 2.56 bits per heavy atom. The Labute approximate surface area is 97.1 Å². The molecule has 0 heterocycles. The smallest absolute Gasteiger partial charge is 0.161 e. The molecule has 1 N–H and O–H groups in total. The Morgan fingerprint density at radius 1 is 1.19 bits per heavy atom. The lowest BCUT2D eigenvalue weighted by atomic mass is 10.2. The molecule has 0 amide bonds. The zero-order valence-electron chi connectivity index (χ0n) is 10.1. The lowest BCUT2D eigenvalue weighted by Crippen LogP contribution is -2.12. The SMILES string of the molecule is C/C=C/CNCc1ccc(OC)c(OC)c1. The van der Waals surface area contributed by atoms with Crippen molar-refractivity contribution in [3.05, 3.63) is 35.9 Å². The van der Waals surface area contributed by atoms with Gasteiger partial charge in [-0.2, -0.15) is 0 Å². The number of rotatable bonds is 6. The van der Waals surface area contributed by atoms with Crippen molar-refractivity contribution in [2.45, 2.75) is 13.5 Å². The zero-order valence-corrected chi connectivity index (χ0v) is 10.1. The number of ether oxygens (including phenoxy) is 2. The van der Waals surface area contributed by atoms with E-state index >= 15 is 0 Å². The average molecular weight is 221 g/mol. The minimum atomic E-state index is 0.764. The molecule has 0 bridgehead atoms. The molecule has 0 saturated heterocycles. The summed E-state index contributed by atoms with van der Waals surface area (Å²) in [6.45, 7) is 3.72. The van der Waals surface area contributed by atoms with E-state index < -0.39 is 0 Å². The Morgan fingerprint density at radius 2 is 1.94 bits per heavy atom. The summed E-state index contributed by atoms with van der Waals surface area (Å²) in [5.41, 5.74) is 1.18. The second kappa shape index (κ2) is 6.90. The molecule has 0 atom stereocenters. The predicted molar refractivity (Wildman–Crippen MR) is 66.1 cm³/mol. The van der Waals surface area contributed by atoms with Gasteiger partial charge >= 0.3 is 0 Å². The third kappa shape index (κ3) is 3.59. The molecule has 0 aromatic heterocycles. The van der Waals surface area contributed by atoms with Crippen LogP contribution in [0, 0.1) is 0 Å². The van der Waals surface area contributed by atoms with Gasteiger partial charge in [0.15, 0.2) is 11.5 Å². The van der Waals surface area contributed by atoms with Crippen LogP contribution in [0.3, 0.4) is 0 Å². The Hall–Kier alpha value is -1.48. The van der Waals surface area contributed by atoms with E-state index in [0.29, 0.717) is 0 Å². The monoisotopic (exact) mass is 221 g/mol. The Kier molecular flexibility index (Phi) is 5.43. The van der Waals surface area contributed by atoms with Crippen molar-refractivity contribution < 1.29 is 9.47 Å². The molecule has 0 aliphatic rings. The van der Waals surface area contributed by atoms with Crippen LogP contribution in [0.2, 0.25) is 0 Å². The molecule has 1 aromatic carbocycles. The van der Waals surface area contributed by atoms with Crippen LogP contribution < -0.4 is 14.8 Å². The van der Waals surface area contributed by atoms with Gasteiger partial charge in [0, 0.05) is 13.1 Å². The topological polar surface area (TPSA) is 30.5 Å². The number of methoxy groups -OCH3 is 2. The van der Waals surface area contributed by atoms with Gasteiger partial charge < -0.3 is 14.8 Å². The van der Waals surface area contributed by atoms with Crippen LogP contribution in [-0.4, -0.2) is 20.8 Å². The molecular formula is C13H19NO2. The van der Waals surface area contributed by atoms with Crippen molar-refractivity contribution in [1.29, 1.82) is 0 Å². The van der Waals surface area contributed by atoms with Crippen LogP contribution in [0.25, 0.3) is 0 Å². The summed E-state index contributed by atoms with van der Waals surface area (Å²) < 4.78 is 10.4. The van der Waals surface area contributed by atoms with Gasteiger partial charge in [-0.05, 0) is 24.6 Å². The fourth-order valence-electron chi connectivity index (χ4n) is 1.41.